The summed E-state index contributed by atoms with van der Waals surface area (Å²) in [4.78, 5) is 6.41. The molecule has 0 spiro atoms. The van der Waals surface area contributed by atoms with Gasteiger partial charge in [-0.3, -0.25) is 0 Å². The Labute approximate surface area is 104 Å². The van der Waals surface area contributed by atoms with E-state index in [1.165, 1.54) is 0 Å². The fourth-order valence-electron chi connectivity index (χ4n) is 1.67. The molecule has 96 valence electrons. The lowest BCUT2D eigenvalue weighted by molar-refractivity contribution is 0.378. The molecule has 0 radical (unpaired) electrons. The summed E-state index contributed by atoms with van der Waals surface area (Å²) >= 11 is 0. The molecule has 0 aromatic carbocycles. The fraction of sp³-hybridized carbons (Fsp3) is 0.615. The second-order valence-electron chi connectivity index (χ2n) is 4.94. The lowest BCUT2D eigenvalue weighted by atomic mass is 9.93. The smallest absolute Gasteiger partial charge is 0.214 e. The average molecular weight is 237 g/mol. The normalized spacial score (nSPS) is 11.4. The van der Waals surface area contributed by atoms with Crippen LogP contribution in [0.2, 0.25) is 0 Å². The summed E-state index contributed by atoms with van der Waals surface area (Å²) in [5.41, 5.74) is 7.01. The van der Waals surface area contributed by atoms with Crippen LogP contribution in [0.1, 0.15) is 20.8 Å². The van der Waals surface area contributed by atoms with Crippen molar-refractivity contribution in [2.24, 2.45) is 11.1 Å². The number of hydrogen-bond acceptors (Lipinski definition) is 4. The minimum absolute atomic E-state index is 0.104. The van der Waals surface area contributed by atoms with Gasteiger partial charge in [-0.15, -0.1) is 0 Å². The Morgan fingerprint density at radius 2 is 2.18 bits per heavy atom. The van der Waals surface area contributed by atoms with Crippen molar-refractivity contribution in [1.29, 1.82) is 0 Å². The van der Waals surface area contributed by atoms with Crippen LogP contribution < -0.4 is 15.4 Å². The molecular weight excluding hydrogens is 214 g/mol. The summed E-state index contributed by atoms with van der Waals surface area (Å²) in [6, 6.07) is 3.95. The first-order chi connectivity index (χ1) is 8.02. The number of ether oxygens (including phenoxy) is 1. The highest BCUT2D eigenvalue weighted by Crippen LogP contribution is 2.23. The van der Waals surface area contributed by atoms with E-state index in [9.17, 15) is 0 Å². The van der Waals surface area contributed by atoms with Crippen molar-refractivity contribution < 1.29 is 4.74 Å². The quantitative estimate of drug-likeness (QED) is 0.821. The second-order valence-corrected chi connectivity index (χ2v) is 4.94. The van der Waals surface area contributed by atoms with Gasteiger partial charge in [-0.2, -0.15) is 0 Å². The molecular formula is C13H23N3O. The summed E-state index contributed by atoms with van der Waals surface area (Å²) in [6.07, 6.45) is 1.77. The molecule has 0 aliphatic rings. The van der Waals surface area contributed by atoms with Crippen LogP contribution in [0.25, 0.3) is 0 Å². The summed E-state index contributed by atoms with van der Waals surface area (Å²) < 4.78 is 5.14. The van der Waals surface area contributed by atoms with Gasteiger partial charge in [0.1, 0.15) is 0 Å². The maximum absolute atomic E-state index is 5.78. The number of rotatable bonds is 6. The van der Waals surface area contributed by atoms with Gasteiger partial charge in [-0.1, -0.05) is 13.8 Å². The van der Waals surface area contributed by atoms with E-state index in [0.29, 0.717) is 12.4 Å². The van der Waals surface area contributed by atoms with E-state index in [2.05, 4.69) is 30.7 Å². The zero-order chi connectivity index (χ0) is 12.9. The highest BCUT2D eigenvalue weighted by molar-refractivity contribution is 5.48. The van der Waals surface area contributed by atoms with Gasteiger partial charge in [0.25, 0.3) is 0 Å². The third-order valence-corrected chi connectivity index (χ3v) is 2.85. The summed E-state index contributed by atoms with van der Waals surface area (Å²) in [6.45, 7) is 9.02. The lowest BCUT2D eigenvalue weighted by Gasteiger charge is -2.32. The van der Waals surface area contributed by atoms with Gasteiger partial charge in [-0.25, -0.2) is 4.98 Å². The number of pyridine rings is 1. The molecule has 17 heavy (non-hydrogen) atoms. The predicted octanol–water partition coefficient (Wildman–Crippen LogP) is 1.90. The molecule has 0 atom stereocenters. The van der Waals surface area contributed by atoms with E-state index in [1.54, 1.807) is 13.3 Å². The molecule has 1 rings (SSSR count). The van der Waals surface area contributed by atoms with E-state index < -0.39 is 0 Å². The van der Waals surface area contributed by atoms with Crippen LogP contribution in [0.3, 0.4) is 0 Å². The van der Waals surface area contributed by atoms with Crippen LogP contribution in [-0.2, 0) is 0 Å². The van der Waals surface area contributed by atoms with Crippen LogP contribution in [-0.4, -0.2) is 31.7 Å². The molecule has 0 fully saturated rings. The first-order valence-corrected chi connectivity index (χ1v) is 5.97. The highest BCUT2D eigenvalue weighted by atomic mass is 16.5. The van der Waals surface area contributed by atoms with Crippen molar-refractivity contribution in [2.45, 2.75) is 20.8 Å². The zero-order valence-corrected chi connectivity index (χ0v) is 11.2. The van der Waals surface area contributed by atoms with Gasteiger partial charge in [0.05, 0.1) is 7.11 Å². The number of hydrogen-bond donors (Lipinski definition) is 1. The third-order valence-electron chi connectivity index (χ3n) is 2.85. The average Bonchev–Trinajstić information content (AvgIpc) is 2.36. The largest absolute Gasteiger partial charge is 0.481 e. The molecule has 0 unspecified atom stereocenters. The summed E-state index contributed by atoms with van der Waals surface area (Å²) in [5.74, 6) is 0.645. The fourth-order valence-corrected chi connectivity index (χ4v) is 1.67. The monoisotopic (exact) mass is 237 g/mol. The van der Waals surface area contributed by atoms with Crippen molar-refractivity contribution in [3.8, 4) is 5.88 Å². The van der Waals surface area contributed by atoms with Crippen molar-refractivity contribution in [2.75, 3.05) is 31.6 Å². The van der Waals surface area contributed by atoms with Crippen LogP contribution in [0.5, 0.6) is 5.88 Å². The van der Waals surface area contributed by atoms with E-state index in [4.69, 9.17) is 10.5 Å². The molecule has 0 saturated heterocycles. The van der Waals surface area contributed by atoms with E-state index in [-0.39, 0.29) is 5.41 Å². The second kappa shape index (κ2) is 5.87. The minimum Gasteiger partial charge on any atom is -0.481 e. The number of nitrogens with zero attached hydrogens (tertiary/aromatic N) is 2. The van der Waals surface area contributed by atoms with Crippen LogP contribution in [0.4, 0.5) is 5.69 Å². The third kappa shape index (κ3) is 3.89. The standard InChI is InChI=1S/C13H23N3O/c1-5-16(10-13(2,3)9-14)11-6-7-15-12(8-11)17-4/h6-8H,5,9-10,14H2,1-4H3. The molecule has 0 bridgehead atoms. The molecule has 4 nitrogen and oxygen atoms in total. The zero-order valence-electron chi connectivity index (χ0n) is 11.2. The highest BCUT2D eigenvalue weighted by Gasteiger charge is 2.19. The Morgan fingerprint density at radius 1 is 1.47 bits per heavy atom. The molecule has 1 aromatic rings. The predicted molar refractivity (Wildman–Crippen MR) is 71.5 cm³/mol. The molecule has 0 amide bonds. The summed E-state index contributed by atoms with van der Waals surface area (Å²) in [7, 11) is 1.63. The number of methoxy groups -OCH3 is 1. The van der Waals surface area contributed by atoms with Crippen molar-refractivity contribution in [3.05, 3.63) is 18.3 Å². The Hall–Kier alpha value is -1.29. The number of anilines is 1. The minimum atomic E-state index is 0.104. The van der Waals surface area contributed by atoms with Crippen LogP contribution in [0.15, 0.2) is 18.3 Å². The van der Waals surface area contributed by atoms with E-state index in [1.807, 2.05) is 12.1 Å². The molecule has 4 heteroatoms. The number of aromatic nitrogens is 1. The van der Waals surface area contributed by atoms with Gasteiger partial charge in [-0.05, 0) is 24.9 Å². The Kier molecular flexibility index (Phi) is 4.75. The van der Waals surface area contributed by atoms with E-state index in [0.717, 1.165) is 18.8 Å². The van der Waals surface area contributed by atoms with Crippen molar-refractivity contribution in [1.82, 2.24) is 4.98 Å². The Morgan fingerprint density at radius 3 is 2.71 bits per heavy atom. The van der Waals surface area contributed by atoms with Gasteiger partial charge in [0.15, 0.2) is 0 Å². The molecule has 0 aliphatic heterocycles. The lowest BCUT2D eigenvalue weighted by Crippen LogP contribution is -2.38. The van der Waals surface area contributed by atoms with Gasteiger partial charge >= 0.3 is 0 Å². The number of nitrogens with two attached hydrogens (primary N) is 1. The summed E-state index contributed by atoms with van der Waals surface area (Å²) in [5, 5.41) is 0. The van der Waals surface area contributed by atoms with Gasteiger partial charge < -0.3 is 15.4 Å². The maximum atomic E-state index is 5.78. The molecule has 2 N–H and O–H groups in total. The maximum Gasteiger partial charge on any atom is 0.214 e. The Balaban J connectivity index is 2.86. The topological polar surface area (TPSA) is 51.4 Å². The molecule has 0 saturated carbocycles. The first-order valence-electron chi connectivity index (χ1n) is 5.97. The van der Waals surface area contributed by atoms with Crippen LogP contribution >= 0.6 is 0 Å². The first kappa shape index (κ1) is 13.8. The van der Waals surface area contributed by atoms with Crippen molar-refractivity contribution >= 4 is 5.69 Å². The van der Waals surface area contributed by atoms with E-state index >= 15 is 0 Å². The van der Waals surface area contributed by atoms with Gasteiger partial charge in [0, 0.05) is 31.0 Å². The molecule has 1 aromatic heterocycles. The SMILES string of the molecule is CCN(CC(C)(C)CN)c1ccnc(OC)c1. The molecule has 1 heterocycles. The van der Waals surface area contributed by atoms with Crippen molar-refractivity contribution in [3.63, 3.8) is 0 Å². The molecule has 0 aliphatic carbocycles. The van der Waals surface area contributed by atoms with Gasteiger partial charge in [0.2, 0.25) is 5.88 Å². The Bertz CT molecular complexity index is 352. The van der Waals surface area contributed by atoms with Crippen LogP contribution in [0, 0.1) is 5.41 Å².